The first-order valence-corrected chi connectivity index (χ1v) is 10.9. The number of methoxy groups -OCH3 is 2. The summed E-state index contributed by atoms with van der Waals surface area (Å²) in [4.78, 5) is 21.2. The highest BCUT2D eigenvalue weighted by atomic mass is 19.4. The Labute approximate surface area is 208 Å². The van der Waals surface area contributed by atoms with Crippen LogP contribution in [0.1, 0.15) is 25.2 Å². The molecular weight excluding hydrogens is 496 g/mol. The number of hydrogen-bond donors (Lipinski definition) is 1. The topological polar surface area (TPSA) is 99.4 Å². The van der Waals surface area contributed by atoms with Crippen LogP contribution in [0.4, 0.5) is 23.4 Å². The van der Waals surface area contributed by atoms with Crippen molar-refractivity contribution in [1.29, 1.82) is 0 Å². The maximum absolute atomic E-state index is 14.8. The predicted octanol–water partition coefficient (Wildman–Crippen LogP) is 5.46. The number of rotatable bonds is 7. The van der Waals surface area contributed by atoms with Crippen LogP contribution in [0.2, 0.25) is 0 Å². The van der Waals surface area contributed by atoms with Gasteiger partial charge in [0.05, 0.1) is 43.6 Å². The molecule has 194 valence electrons. The molecule has 8 nitrogen and oxygen atoms in total. The van der Waals surface area contributed by atoms with Crippen molar-refractivity contribution in [2.24, 2.45) is 0 Å². The van der Waals surface area contributed by atoms with Crippen LogP contribution in [0, 0.1) is 5.82 Å². The van der Waals surface area contributed by atoms with Crippen molar-refractivity contribution in [3.05, 3.63) is 59.7 Å². The lowest BCUT2D eigenvalue weighted by Gasteiger charge is -2.24. The second-order valence-corrected chi connectivity index (χ2v) is 8.68. The summed E-state index contributed by atoms with van der Waals surface area (Å²) in [5.41, 5.74) is -0.322. The van der Waals surface area contributed by atoms with Gasteiger partial charge in [0.1, 0.15) is 11.2 Å². The zero-order valence-corrected chi connectivity index (χ0v) is 20.2. The van der Waals surface area contributed by atoms with Crippen molar-refractivity contribution < 1.29 is 36.4 Å². The van der Waals surface area contributed by atoms with E-state index in [1.54, 1.807) is 18.2 Å². The van der Waals surface area contributed by atoms with Crippen molar-refractivity contribution in [1.82, 2.24) is 15.1 Å². The number of halogens is 4. The summed E-state index contributed by atoms with van der Waals surface area (Å²) in [6.45, 7) is 1.87. The van der Waals surface area contributed by atoms with Gasteiger partial charge < -0.3 is 19.3 Å². The van der Waals surface area contributed by atoms with Gasteiger partial charge in [0.25, 0.3) is 0 Å². The first-order valence-electron chi connectivity index (χ1n) is 10.9. The normalized spacial score (nSPS) is 12.0. The summed E-state index contributed by atoms with van der Waals surface area (Å²) in [5.74, 6) is -1.04. The Hall–Kier alpha value is -4.22. The number of carbonyl (C=O) groups is 1. The third-order valence-corrected chi connectivity index (χ3v) is 5.85. The van der Waals surface area contributed by atoms with Gasteiger partial charge in [0, 0.05) is 23.8 Å². The van der Waals surface area contributed by atoms with Crippen molar-refractivity contribution in [2.75, 3.05) is 19.5 Å². The second-order valence-electron chi connectivity index (χ2n) is 8.68. The molecule has 12 heteroatoms. The molecule has 0 aliphatic carbocycles. The minimum atomic E-state index is -4.58. The predicted molar refractivity (Wildman–Crippen MR) is 126 cm³/mol. The number of benzene rings is 2. The van der Waals surface area contributed by atoms with Crippen molar-refractivity contribution in [3.63, 3.8) is 0 Å². The highest BCUT2D eigenvalue weighted by Gasteiger charge is 2.51. The lowest BCUT2D eigenvalue weighted by molar-refractivity contribution is -0.185. The van der Waals surface area contributed by atoms with Crippen LogP contribution in [-0.4, -0.2) is 41.4 Å². The first kappa shape index (κ1) is 25.9. The zero-order valence-electron chi connectivity index (χ0n) is 20.2. The second kappa shape index (κ2) is 9.68. The molecule has 0 aliphatic rings. The maximum Gasteiger partial charge on any atom is 0.401 e. The maximum atomic E-state index is 14.8. The van der Waals surface area contributed by atoms with E-state index in [0.29, 0.717) is 33.8 Å². The van der Waals surface area contributed by atoms with Crippen molar-refractivity contribution >= 4 is 22.8 Å². The number of nitrogens with zero attached hydrogens (tertiary/aromatic N) is 3. The Morgan fingerprint density at radius 1 is 1.03 bits per heavy atom. The van der Waals surface area contributed by atoms with E-state index >= 15 is 0 Å². The molecule has 4 rings (SSSR count). The molecule has 2 aromatic heterocycles. The van der Waals surface area contributed by atoms with E-state index in [0.717, 1.165) is 19.9 Å². The van der Waals surface area contributed by atoms with E-state index in [9.17, 15) is 22.4 Å². The molecule has 0 saturated heterocycles. The molecule has 4 aromatic rings. The number of fused-ring (bicyclic) bond motifs is 1. The summed E-state index contributed by atoms with van der Waals surface area (Å²) in [6.07, 6.45) is -3.47. The summed E-state index contributed by atoms with van der Waals surface area (Å²) in [7, 11) is 3.00. The van der Waals surface area contributed by atoms with E-state index in [2.05, 4.69) is 20.4 Å². The number of anilines is 1. The van der Waals surface area contributed by atoms with Crippen LogP contribution in [0.25, 0.3) is 22.3 Å². The highest BCUT2D eigenvalue weighted by Crippen LogP contribution is 2.41. The molecule has 37 heavy (non-hydrogen) atoms. The molecule has 0 aliphatic heterocycles. The largest absolute Gasteiger partial charge is 0.493 e. The van der Waals surface area contributed by atoms with Crippen LogP contribution >= 0.6 is 0 Å². The van der Waals surface area contributed by atoms with Gasteiger partial charge >= 0.3 is 6.18 Å². The van der Waals surface area contributed by atoms with Gasteiger partial charge in [0.2, 0.25) is 5.91 Å². The number of nitrogens with one attached hydrogen (secondary N) is 1. The van der Waals surface area contributed by atoms with E-state index in [4.69, 9.17) is 14.0 Å². The van der Waals surface area contributed by atoms with E-state index in [1.165, 1.54) is 32.5 Å². The van der Waals surface area contributed by atoms with Gasteiger partial charge in [-0.15, -0.1) is 0 Å². The van der Waals surface area contributed by atoms with Gasteiger partial charge in [-0.1, -0.05) is 17.3 Å². The molecule has 0 spiro atoms. The molecule has 0 bridgehead atoms. The quantitative estimate of drug-likeness (QED) is 0.324. The van der Waals surface area contributed by atoms with E-state index in [-0.39, 0.29) is 17.8 Å². The molecular formula is C25H22F4N4O4. The summed E-state index contributed by atoms with van der Waals surface area (Å²) < 4.78 is 69.7. The Bertz CT molecular complexity index is 1470. The molecule has 0 atom stereocenters. The average molecular weight is 518 g/mol. The fraction of sp³-hybridized carbons (Fsp3) is 0.280. The van der Waals surface area contributed by atoms with Crippen LogP contribution in [0.3, 0.4) is 0 Å². The average Bonchev–Trinajstić information content (AvgIpc) is 3.32. The monoisotopic (exact) mass is 518 g/mol. The first-order chi connectivity index (χ1) is 17.4. The van der Waals surface area contributed by atoms with Crippen LogP contribution in [0.15, 0.2) is 47.1 Å². The molecule has 2 aromatic carbocycles. The zero-order chi connectivity index (χ0) is 27.0. The number of alkyl halides is 3. The van der Waals surface area contributed by atoms with Crippen molar-refractivity contribution in [3.8, 4) is 22.8 Å². The Balaban J connectivity index is 1.49. The van der Waals surface area contributed by atoms with Crippen LogP contribution in [0.5, 0.6) is 11.5 Å². The Morgan fingerprint density at radius 3 is 2.32 bits per heavy atom. The van der Waals surface area contributed by atoms with Crippen LogP contribution in [-0.2, 0) is 16.6 Å². The minimum Gasteiger partial charge on any atom is -0.493 e. The number of carbonyl (C=O) groups excluding carboxylic acids is 1. The molecule has 1 amide bonds. The number of ether oxygens (including phenoxy) is 2. The summed E-state index contributed by atoms with van der Waals surface area (Å²) in [6, 6.07) is 8.56. The number of hydrogen-bond acceptors (Lipinski definition) is 7. The third-order valence-electron chi connectivity index (χ3n) is 5.85. The standard InChI is InChI=1S/C25H22F4N4O4/c1-24(2,25(27,28)29)21-11-22(33-37-21)32-23(34)8-13-5-6-14(7-15(13)26)18-12-30-16-9-19(35-3)20(36-4)10-17(16)31-18/h5-7,9-12H,8H2,1-4H3,(H,32,33,34). The number of amides is 1. The smallest absolute Gasteiger partial charge is 0.401 e. The fourth-order valence-electron chi connectivity index (χ4n) is 3.46. The number of aromatic nitrogens is 3. The highest BCUT2D eigenvalue weighted by molar-refractivity contribution is 5.91. The van der Waals surface area contributed by atoms with Crippen LogP contribution < -0.4 is 14.8 Å². The van der Waals surface area contributed by atoms with Gasteiger partial charge in [-0.25, -0.2) is 9.37 Å². The molecule has 2 heterocycles. The lowest BCUT2D eigenvalue weighted by Crippen LogP contribution is -2.35. The molecule has 0 fully saturated rings. The van der Waals surface area contributed by atoms with E-state index < -0.39 is 29.1 Å². The van der Waals surface area contributed by atoms with E-state index in [1.807, 2.05) is 0 Å². The fourth-order valence-corrected chi connectivity index (χ4v) is 3.46. The van der Waals surface area contributed by atoms with Gasteiger partial charge in [-0.3, -0.25) is 9.78 Å². The summed E-state index contributed by atoms with van der Waals surface area (Å²) >= 11 is 0. The Kier molecular flexibility index (Phi) is 6.76. The van der Waals surface area contributed by atoms with Gasteiger partial charge in [0.15, 0.2) is 23.1 Å². The minimum absolute atomic E-state index is 0.0701. The van der Waals surface area contributed by atoms with Gasteiger partial charge in [-0.05, 0) is 25.5 Å². The SMILES string of the molecule is COc1cc2ncc(-c3ccc(CC(=O)Nc4cc(C(C)(C)C(F)(F)F)on4)c(F)c3)nc2cc1OC. The van der Waals surface area contributed by atoms with Crippen molar-refractivity contribution in [2.45, 2.75) is 31.9 Å². The Morgan fingerprint density at radius 2 is 1.70 bits per heavy atom. The molecule has 0 unspecified atom stereocenters. The summed E-state index contributed by atoms with van der Waals surface area (Å²) in [5, 5.41) is 5.79. The van der Waals surface area contributed by atoms with Gasteiger partial charge in [-0.2, -0.15) is 13.2 Å². The third kappa shape index (κ3) is 5.18. The molecule has 0 radical (unpaired) electrons. The lowest BCUT2D eigenvalue weighted by atomic mass is 9.89. The molecule has 0 saturated carbocycles. The molecule has 1 N–H and O–H groups in total.